The van der Waals surface area contributed by atoms with Gasteiger partial charge >= 0.3 is 0 Å². The summed E-state index contributed by atoms with van der Waals surface area (Å²) in [5.41, 5.74) is 13.6. The van der Waals surface area contributed by atoms with Crippen molar-refractivity contribution >= 4 is 39.9 Å². The molecule has 5 N–H and O–H groups in total. The van der Waals surface area contributed by atoms with Crippen LogP contribution in [0.25, 0.3) is 22.4 Å². The second-order valence-electron chi connectivity index (χ2n) is 10.3. The van der Waals surface area contributed by atoms with Crippen molar-refractivity contribution in [1.82, 2.24) is 14.9 Å². The number of aromatic nitrogens is 2. The zero-order valence-corrected chi connectivity index (χ0v) is 22.0. The Morgan fingerprint density at radius 2 is 1.77 bits per heavy atom. The third-order valence-electron chi connectivity index (χ3n) is 7.64. The highest BCUT2D eigenvalue weighted by atomic mass is 16.2. The van der Waals surface area contributed by atoms with Crippen LogP contribution >= 0.6 is 0 Å². The lowest BCUT2D eigenvalue weighted by Gasteiger charge is -2.36. The minimum atomic E-state index is -0.644. The smallest absolute Gasteiger partial charge is 0.247 e. The Morgan fingerprint density at radius 1 is 1.00 bits per heavy atom. The van der Waals surface area contributed by atoms with Gasteiger partial charge < -0.3 is 26.3 Å². The van der Waals surface area contributed by atoms with Crippen molar-refractivity contribution < 1.29 is 9.59 Å². The van der Waals surface area contributed by atoms with Crippen molar-refractivity contribution in [2.24, 2.45) is 5.73 Å². The molecule has 0 aliphatic carbocycles. The number of amides is 2. The van der Waals surface area contributed by atoms with Crippen molar-refractivity contribution in [3.63, 3.8) is 0 Å². The predicted molar refractivity (Wildman–Crippen MR) is 155 cm³/mol. The van der Waals surface area contributed by atoms with Gasteiger partial charge in [-0.3, -0.25) is 14.5 Å². The van der Waals surface area contributed by atoms with Crippen LogP contribution in [0.4, 0.5) is 17.1 Å². The molecule has 0 saturated carbocycles. The summed E-state index contributed by atoms with van der Waals surface area (Å²) in [6.45, 7) is 6.64. The number of carbonyl (C=O) groups is 2. The fourth-order valence-corrected chi connectivity index (χ4v) is 5.45. The number of nitrogens with zero attached hydrogens (tertiary/aromatic N) is 3. The van der Waals surface area contributed by atoms with E-state index in [1.54, 1.807) is 0 Å². The summed E-state index contributed by atoms with van der Waals surface area (Å²) in [5, 5.41) is 6.04. The van der Waals surface area contributed by atoms with E-state index >= 15 is 0 Å². The molecular formula is C30H33N7O2. The van der Waals surface area contributed by atoms with Crippen LogP contribution in [0.15, 0.2) is 60.7 Å². The molecule has 9 heteroatoms. The average molecular weight is 524 g/mol. The number of hydrogen-bond acceptors (Lipinski definition) is 6. The number of benzene rings is 3. The summed E-state index contributed by atoms with van der Waals surface area (Å²) >= 11 is 0. The molecule has 0 radical (unpaired) electrons. The van der Waals surface area contributed by atoms with Crippen molar-refractivity contribution in [3.05, 3.63) is 71.8 Å². The summed E-state index contributed by atoms with van der Waals surface area (Å²) in [5.74, 6) is 0.153. The number of rotatable bonds is 7. The van der Waals surface area contributed by atoms with Gasteiger partial charge in [-0.05, 0) is 41.8 Å². The Labute approximate surface area is 227 Å². The lowest BCUT2D eigenvalue weighted by Crippen LogP contribution is -2.46. The zero-order valence-electron chi connectivity index (χ0n) is 22.0. The molecule has 2 amide bonds. The van der Waals surface area contributed by atoms with Crippen LogP contribution in [0.3, 0.4) is 0 Å². The molecule has 1 saturated heterocycles. The highest BCUT2D eigenvalue weighted by Gasteiger charge is 2.27. The number of aromatic amines is 1. The lowest BCUT2D eigenvalue weighted by atomic mass is 10.1. The first-order valence-electron chi connectivity index (χ1n) is 13.5. The Morgan fingerprint density at radius 3 is 2.51 bits per heavy atom. The Bertz CT molecular complexity index is 1520. The van der Waals surface area contributed by atoms with Gasteiger partial charge in [0.05, 0.1) is 29.0 Å². The number of hydrogen-bond donors (Lipinski definition) is 4. The maximum Gasteiger partial charge on any atom is 0.247 e. The van der Waals surface area contributed by atoms with Gasteiger partial charge in [-0.1, -0.05) is 43.3 Å². The van der Waals surface area contributed by atoms with Crippen molar-refractivity contribution in [1.29, 1.82) is 0 Å². The quantitative estimate of drug-likeness (QED) is 0.293. The van der Waals surface area contributed by atoms with E-state index in [0.29, 0.717) is 0 Å². The fraction of sp³-hybridized carbons (Fsp3) is 0.300. The first kappa shape index (κ1) is 24.9. The Hall–Kier alpha value is -4.37. The van der Waals surface area contributed by atoms with Gasteiger partial charge in [-0.15, -0.1) is 0 Å². The number of piperazine rings is 1. The van der Waals surface area contributed by atoms with E-state index in [2.05, 4.69) is 74.8 Å². The summed E-state index contributed by atoms with van der Waals surface area (Å²) in [6, 6.07) is 20.3. The number of carbonyl (C=O) groups excluding carboxylic acids is 2. The van der Waals surface area contributed by atoms with Crippen LogP contribution in [-0.2, 0) is 22.6 Å². The molecule has 39 heavy (non-hydrogen) atoms. The van der Waals surface area contributed by atoms with E-state index < -0.39 is 11.9 Å². The van der Waals surface area contributed by atoms with Crippen LogP contribution in [0.2, 0.25) is 0 Å². The molecule has 9 nitrogen and oxygen atoms in total. The van der Waals surface area contributed by atoms with E-state index in [1.807, 2.05) is 18.2 Å². The Kier molecular flexibility index (Phi) is 6.66. The molecule has 3 heterocycles. The minimum absolute atomic E-state index is 0.0349. The summed E-state index contributed by atoms with van der Waals surface area (Å²) < 4.78 is 0. The molecular weight excluding hydrogens is 490 g/mol. The summed E-state index contributed by atoms with van der Waals surface area (Å²) in [7, 11) is 0. The van der Waals surface area contributed by atoms with Gasteiger partial charge in [0.1, 0.15) is 17.4 Å². The lowest BCUT2D eigenvalue weighted by molar-refractivity contribution is -0.123. The van der Waals surface area contributed by atoms with Crippen LogP contribution in [0.5, 0.6) is 0 Å². The first-order chi connectivity index (χ1) is 19.0. The maximum atomic E-state index is 12.2. The van der Waals surface area contributed by atoms with E-state index in [4.69, 9.17) is 10.7 Å². The topological polar surface area (TPSA) is 119 Å². The number of para-hydroxylation sites is 1. The number of H-pyrrole nitrogens is 1. The number of primary amides is 1. The van der Waals surface area contributed by atoms with Crippen LogP contribution in [0.1, 0.15) is 24.5 Å². The maximum absolute atomic E-state index is 12.2. The van der Waals surface area contributed by atoms with Gasteiger partial charge in [0.15, 0.2) is 0 Å². The molecule has 1 unspecified atom stereocenters. The molecule has 2 aliphatic heterocycles. The summed E-state index contributed by atoms with van der Waals surface area (Å²) in [6.07, 6.45) is 0.988. The standard InChI is InChI=1S/C30H33N7O2/c1-2-19-6-9-21(10-7-19)29-33-23-4-3-5-26(28(23)35-29)37-14-12-36(13-15-37)18-20-8-11-22-24(16-20)32-25(17-27(31)38)30(39)34-22/h3-11,16,25,32H,2,12-15,17-18H2,1H3,(H2,31,38)(H,33,35)(H,34,39). The largest absolute Gasteiger partial charge is 0.372 e. The predicted octanol–water partition coefficient (Wildman–Crippen LogP) is 3.72. The third kappa shape index (κ3) is 5.18. The van der Waals surface area contributed by atoms with Crippen molar-refractivity contribution in [2.75, 3.05) is 41.7 Å². The molecule has 0 bridgehead atoms. The highest BCUT2D eigenvalue weighted by molar-refractivity contribution is 6.04. The third-order valence-corrected chi connectivity index (χ3v) is 7.64. The van der Waals surface area contributed by atoms with Crippen molar-refractivity contribution in [2.45, 2.75) is 32.4 Å². The second kappa shape index (κ2) is 10.4. The molecule has 200 valence electrons. The van der Waals surface area contributed by atoms with E-state index in [0.717, 1.165) is 84.2 Å². The molecule has 1 aromatic heterocycles. The molecule has 3 aromatic carbocycles. The van der Waals surface area contributed by atoms with Crippen LogP contribution in [0, 0.1) is 0 Å². The number of imidazole rings is 1. The number of nitrogens with two attached hydrogens (primary N) is 1. The van der Waals surface area contributed by atoms with E-state index in [1.165, 1.54) is 5.56 Å². The number of aryl methyl sites for hydroxylation is 1. The first-order valence-corrected chi connectivity index (χ1v) is 13.5. The van der Waals surface area contributed by atoms with Gasteiger partial charge in [-0.25, -0.2) is 4.98 Å². The fourth-order valence-electron chi connectivity index (χ4n) is 5.45. The van der Waals surface area contributed by atoms with E-state index in [9.17, 15) is 9.59 Å². The number of anilines is 3. The Balaban J connectivity index is 1.12. The monoisotopic (exact) mass is 523 g/mol. The molecule has 4 aromatic rings. The van der Waals surface area contributed by atoms with Crippen molar-refractivity contribution in [3.8, 4) is 11.4 Å². The average Bonchev–Trinajstić information content (AvgIpc) is 3.39. The highest BCUT2D eigenvalue weighted by Crippen LogP contribution is 2.31. The van der Waals surface area contributed by atoms with Gasteiger partial charge in [-0.2, -0.15) is 0 Å². The summed E-state index contributed by atoms with van der Waals surface area (Å²) in [4.78, 5) is 36.9. The normalized spacial score (nSPS) is 17.5. The van der Waals surface area contributed by atoms with Gasteiger partial charge in [0, 0.05) is 38.3 Å². The van der Waals surface area contributed by atoms with Crippen LogP contribution in [-0.4, -0.2) is 58.9 Å². The minimum Gasteiger partial charge on any atom is -0.372 e. The van der Waals surface area contributed by atoms with E-state index in [-0.39, 0.29) is 12.3 Å². The number of fused-ring (bicyclic) bond motifs is 2. The molecule has 1 fully saturated rings. The molecule has 2 aliphatic rings. The van der Waals surface area contributed by atoms with Gasteiger partial charge in [0.2, 0.25) is 11.8 Å². The van der Waals surface area contributed by atoms with Gasteiger partial charge in [0.25, 0.3) is 0 Å². The van der Waals surface area contributed by atoms with Crippen LogP contribution < -0.4 is 21.3 Å². The molecule has 6 rings (SSSR count). The number of nitrogens with one attached hydrogen (secondary N) is 3. The zero-order chi connectivity index (χ0) is 26.9. The second-order valence-corrected chi connectivity index (χ2v) is 10.3. The molecule has 1 atom stereocenters. The SMILES string of the molecule is CCc1ccc(-c2nc3c(N4CCN(Cc5ccc6c(c5)NC(CC(N)=O)C(=O)N6)CC4)cccc3[nH]2)cc1. The molecule has 0 spiro atoms.